The number of hydrogen-bond donors (Lipinski definition) is 3. The van der Waals surface area contributed by atoms with Crippen LogP contribution in [-0.2, 0) is 14.3 Å². The van der Waals surface area contributed by atoms with E-state index in [-0.39, 0.29) is 13.0 Å². The molecule has 7 nitrogen and oxygen atoms in total. The number of β-amino-alcohol motifs (C(OH)–C–C–N with tert-alkyl or cyclic N) is 1. The fraction of sp³-hybridized carbons (Fsp3) is 0.800. The van der Waals surface area contributed by atoms with Crippen LogP contribution in [0.5, 0.6) is 0 Å². The van der Waals surface area contributed by atoms with E-state index in [1.54, 1.807) is 0 Å². The Morgan fingerprint density at radius 3 is 2.76 bits per heavy atom. The van der Waals surface area contributed by atoms with Gasteiger partial charge >= 0.3 is 5.97 Å². The summed E-state index contributed by atoms with van der Waals surface area (Å²) in [5.41, 5.74) is 5.65. The molecule has 1 fully saturated rings. The third kappa shape index (κ3) is 3.39. The van der Waals surface area contributed by atoms with Crippen LogP contribution in [0.15, 0.2) is 0 Å². The van der Waals surface area contributed by atoms with Gasteiger partial charge in [0.1, 0.15) is 6.04 Å². The molecule has 0 aromatic rings. The van der Waals surface area contributed by atoms with Crippen LogP contribution in [-0.4, -0.2) is 65.4 Å². The molecular formula is C10H18N2O5. The molecule has 1 unspecified atom stereocenters. The molecule has 3 atom stereocenters. The number of amides is 1. The quantitative estimate of drug-likeness (QED) is 0.538. The van der Waals surface area contributed by atoms with Crippen molar-refractivity contribution in [2.75, 3.05) is 20.3 Å². The van der Waals surface area contributed by atoms with Gasteiger partial charge in [-0.2, -0.15) is 0 Å². The summed E-state index contributed by atoms with van der Waals surface area (Å²) in [6, 6.07) is -1.77. The number of nitrogens with zero attached hydrogens (tertiary/aromatic N) is 1. The number of aliphatic hydroxyl groups is 1. The molecule has 0 spiro atoms. The molecule has 0 saturated carbocycles. The Balaban J connectivity index is 2.63. The van der Waals surface area contributed by atoms with Crippen LogP contribution in [0.2, 0.25) is 0 Å². The average molecular weight is 246 g/mol. The lowest BCUT2D eigenvalue weighted by molar-refractivity contribution is -0.148. The molecule has 4 N–H and O–H groups in total. The maximum absolute atomic E-state index is 11.9. The van der Waals surface area contributed by atoms with Crippen molar-refractivity contribution in [3.8, 4) is 0 Å². The van der Waals surface area contributed by atoms with Crippen LogP contribution in [0.25, 0.3) is 0 Å². The number of likely N-dealkylation sites (tertiary alicyclic amines) is 1. The second-order valence-corrected chi connectivity index (χ2v) is 4.12. The third-order valence-electron chi connectivity index (χ3n) is 2.80. The molecule has 7 heteroatoms. The molecule has 0 aromatic carbocycles. The van der Waals surface area contributed by atoms with Crippen LogP contribution < -0.4 is 5.73 Å². The highest BCUT2D eigenvalue weighted by molar-refractivity contribution is 5.87. The summed E-state index contributed by atoms with van der Waals surface area (Å²) in [5.74, 6) is -1.57. The van der Waals surface area contributed by atoms with Crippen LogP contribution >= 0.6 is 0 Å². The first kappa shape index (κ1) is 13.9. The van der Waals surface area contributed by atoms with E-state index in [9.17, 15) is 14.7 Å². The van der Waals surface area contributed by atoms with E-state index >= 15 is 0 Å². The first-order chi connectivity index (χ1) is 7.97. The first-order valence-electron chi connectivity index (χ1n) is 5.43. The van der Waals surface area contributed by atoms with E-state index in [0.717, 1.165) is 4.90 Å². The summed E-state index contributed by atoms with van der Waals surface area (Å²) in [6.45, 7) is 0.359. The molecule has 0 aliphatic carbocycles. The van der Waals surface area contributed by atoms with Gasteiger partial charge in [0.15, 0.2) is 0 Å². The standard InChI is InChI=1S/C10H18N2O5/c1-17-3-2-7(11)9(14)12-5-6(13)4-8(12)10(15)16/h6-8,13H,2-5,11H2,1H3,(H,15,16)/t6-,7?,8-/m1/s1. The number of aliphatic carboxylic acids is 1. The van der Waals surface area contributed by atoms with E-state index in [1.807, 2.05) is 0 Å². The largest absolute Gasteiger partial charge is 0.480 e. The van der Waals surface area contributed by atoms with Crippen molar-refractivity contribution in [3.05, 3.63) is 0 Å². The van der Waals surface area contributed by atoms with Crippen LogP contribution in [0.4, 0.5) is 0 Å². The van der Waals surface area contributed by atoms with E-state index in [2.05, 4.69) is 0 Å². The highest BCUT2D eigenvalue weighted by Gasteiger charge is 2.40. The molecule has 1 amide bonds. The SMILES string of the molecule is COCCC(N)C(=O)N1C[C@H](O)C[C@@H]1C(=O)O. The number of nitrogens with two attached hydrogens (primary N) is 1. The maximum atomic E-state index is 11.9. The van der Waals surface area contributed by atoms with Gasteiger partial charge in [0.25, 0.3) is 0 Å². The minimum Gasteiger partial charge on any atom is -0.480 e. The van der Waals surface area contributed by atoms with Crippen LogP contribution in [0, 0.1) is 0 Å². The number of carbonyl (C=O) groups is 2. The highest BCUT2D eigenvalue weighted by Crippen LogP contribution is 2.19. The second kappa shape index (κ2) is 5.95. The number of methoxy groups -OCH3 is 1. The second-order valence-electron chi connectivity index (χ2n) is 4.12. The third-order valence-corrected chi connectivity index (χ3v) is 2.80. The molecule has 1 rings (SSSR count). The fourth-order valence-electron chi connectivity index (χ4n) is 1.87. The van der Waals surface area contributed by atoms with Gasteiger partial charge in [-0.1, -0.05) is 0 Å². The molecule has 0 bridgehead atoms. The van der Waals surface area contributed by atoms with Gasteiger partial charge in [-0.3, -0.25) is 4.79 Å². The van der Waals surface area contributed by atoms with E-state index in [4.69, 9.17) is 15.6 Å². The zero-order valence-corrected chi connectivity index (χ0v) is 9.70. The lowest BCUT2D eigenvalue weighted by atomic mass is 10.1. The lowest BCUT2D eigenvalue weighted by Crippen LogP contribution is -2.49. The van der Waals surface area contributed by atoms with Crippen molar-refractivity contribution in [1.82, 2.24) is 4.90 Å². The highest BCUT2D eigenvalue weighted by atomic mass is 16.5. The number of carboxylic acid groups (broad SMARTS) is 1. The minimum absolute atomic E-state index is 0.0243. The Labute approximate surface area is 99.1 Å². The van der Waals surface area contributed by atoms with Crippen molar-refractivity contribution < 1.29 is 24.5 Å². The number of carboxylic acids is 1. The molecule has 98 valence electrons. The number of hydrogen-bond acceptors (Lipinski definition) is 5. The molecule has 1 aliphatic rings. The van der Waals surface area contributed by atoms with Crippen LogP contribution in [0.1, 0.15) is 12.8 Å². The number of ether oxygens (including phenoxy) is 1. The zero-order valence-electron chi connectivity index (χ0n) is 9.70. The number of rotatable bonds is 5. The molecule has 1 saturated heterocycles. The molecule has 1 heterocycles. The topological polar surface area (TPSA) is 113 Å². The fourth-order valence-corrected chi connectivity index (χ4v) is 1.87. The Kier molecular flexibility index (Phi) is 4.86. The summed E-state index contributed by atoms with van der Waals surface area (Å²) in [6.07, 6.45) is -0.415. The summed E-state index contributed by atoms with van der Waals surface area (Å²) in [5, 5.41) is 18.3. The van der Waals surface area contributed by atoms with E-state index in [0.29, 0.717) is 13.0 Å². The predicted molar refractivity (Wildman–Crippen MR) is 58.2 cm³/mol. The number of aliphatic hydroxyl groups excluding tert-OH is 1. The molecule has 0 aromatic heterocycles. The van der Waals surface area contributed by atoms with Crippen LogP contribution in [0.3, 0.4) is 0 Å². The summed E-state index contributed by atoms with van der Waals surface area (Å²) < 4.78 is 4.80. The van der Waals surface area contributed by atoms with Gasteiger partial charge in [-0.15, -0.1) is 0 Å². The van der Waals surface area contributed by atoms with Crippen molar-refractivity contribution in [2.24, 2.45) is 5.73 Å². The summed E-state index contributed by atoms with van der Waals surface area (Å²) in [7, 11) is 1.50. The van der Waals surface area contributed by atoms with Gasteiger partial charge in [0.05, 0.1) is 12.1 Å². The lowest BCUT2D eigenvalue weighted by Gasteiger charge is -2.24. The predicted octanol–water partition coefficient (Wildman–Crippen LogP) is -1.60. The van der Waals surface area contributed by atoms with Crippen molar-refractivity contribution in [1.29, 1.82) is 0 Å². The summed E-state index contributed by atoms with van der Waals surface area (Å²) in [4.78, 5) is 23.9. The van der Waals surface area contributed by atoms with Gasteiger partial charge in [-0.25, -0.2) is 4.79 Å². The summed E-state index contributed by atoms with van der Waals surface area (Å²) >= 11 is 0. The number of carbonyl (C=O) groups excluding carboxylic acids is 1. The van der Waals surface area contributed by atoms with Crippen molar-refractivity contribution in [2.45, 2.75) is 31.0 Å². The molecule has 17 heavy (non-hydrogen) atoms. The Bertz CT molecular complexity index is 296. The Morgan fingerprint density at radius 1 is 1.59 bits per heavy atom. The molecular weight excluding hydrogens is 228 g/mol. The molecule has 1 aliphatic heterocycles. The van der Waals surface area contributed by atoms with Gasteiger partial charge in [0, 0.05) is 26.7 Å². The Morgan fingerprint density at radius 2 is 2.24 bits per heavy atom. The van der Waals surface area contributed by atoms with Gasteiger partial charge < -0.3 is 25.6 Å². The average Bonchev–Trinajstić information content (AvgIpc) is 2.67. The first-order valence-corrected chi connectivity index (χ1v) is 5.43. The van der Waals surface area contributed by atoms with E-state index in [1.165, 1.54) is 7.11 Å². The zero-order chi connectivity index (χ0) is 13.0. The minimum atomic E-state index is -1.12. The van der Waals surface area contributed by atoms with Crippen molar-refractivity contribution in [3.63, 3.8) is 0 Å². The smallest absolute Gasteiger partial charge is 0.326 e. The van der Waals surface area contributed by atoms with E-state index < -0.39 is 30.1 Å². The Hall–Kier alpha value is -1.18. The monoisotopic (exact) mass is 246 g/mol. The van der Waals surface area contributed by atoms with Gasteiger partial charge in [-0.05, 0) is 6.42 Å². The maximum Gasteiger partial charge on any atom is 0.326 e. The molecule has 0 radical (unpaired) electrons. The van der Waals surface area contributed by atoms with Crippen molar-refractivity contribution >= 4 is 11.9 Å². The normalized spacial score (nSPS) is 25.9. The van der Waals surface area contributed by atoms with Gasteiger partial charge in [0.2, 0.25) is 5.91 Å².